The molecule has 4 aliphatic heterocycles. The number of aliphatic hydroxyl groups is 1. The van der Waals surface area contributed by atoms with Gasteiger partial charge in [0, 0.05) is 6.54 Å². The number of fused-ring (bicyclic) bond motifs is 2. The van der Waals surface area contributed by atoms with E-state index in [4.69, 9.17) is 19.5 Å². The maximum absolute atomic E-state index is 12.8. The number of rotatable bonds is 3. The minimum Gasteiger partial charge on any atom is -0.387 e. The van der Waals surface area contributed by atoms with Gasteiger partial charge in [-0.25, -0.2) is 9.98 Å². The van der Waals surface area contributed by atoms with Gasteiger partial charge in [-0.3, -0.25) is 14.1 Å². The van der Waals surface area contributed by atoms with Crippen LogP contribution in [0.25, 0.3) is 0 Å². The molecule has 11 heteroatoms. The van der Waals surface area contributed by atoms with Gasteiger partial charge in [-0.05, 0) is 6.92 Å². The molecule has 26 heavy (non-hydrogen) atoms. The Morgan fingerprint density at radius 3 is 2.85 bits per heavy atom. The van der Waals surface area contributed by atoms with E-state index in [-0.39, 0.29) is 17.9 Å². The van der Waals surface area contributed by atoms with Crippen LogP contribution in [-0.4, -0.2) is 83.5 Å². The highest BCUT2D eigenvalue weighted by Gasteiger charge is 2.56. The zero-order valence-electron chi connectivity index (χ0n) is 14.9. The minimum atomic E-state index is -3.28. The van der Waals surface area contributed by atoms with Crippen molar-refractivity contribution < 1.29 is 23.5 Å². The Morgan fingerprint density at radius 1 is 1.35 bits per heavy atom. The number of ether oxygens (including phenoxy) is 1. The number of aliphatic hydroxyl groups excluding tert-OH is 1. The van der Waals surface area contributed by atoms with Crippen molar-refractivity contribution in [3.8, 4) is 0 Å². The van der Waals surface area contributed by atoms with Crippen molar-refractivity contribution in [3.05, 3.63) is 0 Å². The van der Waals surface area contributed by atoms with Crippen molar-refractivity contribution in [2.24, 2.45) is 20.7 Å². The minimum absolute atomic E-state index is 0.289. The van der Waals surface area contributed by atoms with E-state index in [2.05, 4.69) is 15.0 Å². The summed E-state index contributed by atoms with van der Waals surface area (Å²) in [5.41, 5.74) is 5.57. The molecule has 4 aliphatic rings. The first-order valence-electron chi connectivity index (χ1n) is 8.74. The predicted molar refractivity (Wildman–Crippen MR) is 95.7 cm³/mol. The van der Waals surface area contributed by atoms with Crippen LogP contribution in [0.3, 0.4) is 0 Å². The molecule has 4 heterocycles. The Hall–Kier alpha value is -1.32. The standard InChI is InChI=1S/C15H24N5O5P/c1-7(2)26(22)24-8(3)12-13(25-26)11(21)9(23-12)4-20-6-19-10-14(16)17-5-18-15(10)20/h5-13,15,21H,4H2,1-3H3,(H2,16,17,18)/t8?,9?,10?,11-,12+,13-,15?,26?/m0/s1. The third kappa shape index (κ3) is 2.80. The molecule has 8 atom stereocenters. The predicted octanol–water partition coefficient (Wildman–Crippen LogP) is -0.0422. The molecule has 0 bridgehead atoms. The first-order valence-corrected chi connectivity index (χ1v) is 10.4. The molecule has 3 N–H and O–H groups in total. The lowest BCUT2D eigenvalue weighted by Gasteiger charge is -2.37. The van der Waals surface area contributed by atoms with E-state index in [0.717, 1.165) is 0 Å². The number of aliphatic imine (C=N–C) groups is 3. The van der Waals surface area contributed by atoms with Crippen LogP contribution in [0.1, 0.15) is 20.8 Å². The Kier molecular flexibility index (Phi) is 4.44. The summed E-state index contributed by atoms with van der Waals surface area (Å²) in [7, 11) is -3.28. The van der Waals surface area contributed by atoms with E-state index < -0.39 is 38.1 Å². The average molecular weight is 385 g/mol. The molecule has 2 saturated heterocycles. The molecule has 0 aliphatic carbocycles. The Balaban J connectivity index is 1.47. The van der Waals surface area contributed by atoms with Gasteiger partial charge in [0.2, 0.25) is 0 Å². The second-order valence-corrected chi connectivity index (χ2v) is 9.82. The summed E-state index contributed by atoms with van der Waals surface area (Å²) in [5, 5.41) is 10.7. The van der Waals surface area contributed by atoms with Crippen molar-refractivity contribution in [3.63, 3.8) is 0 Å². The first-order chi connectivity index (χ1) is 12.3. The molecule has 5 unspecified atom stereocenters. The summed E-state index contributed by atoms with van der Waals surface area (Å²) < 4.78 is 30.1. The third-order valence-electron chi connectivity index (χ3n) is 5.17. The number of hydrogen-bond donors (Lipinski definition) is 2. The average Bonchev–Trinajstić information content (AvgIpc) is 3.12. The second kappa shape index (κ2) is 6.38. The van der Waals surface area contributed by atoms with E-state index in [1.165, 1.54) is 6.34 Å². The fourth-order valence-electron chi connectivity index (χ4n) is 3.63. The van der Waals surface area contributed by atoms with E-state index in [1.54, 1.807) is 27.1 Å². The van der Waals surface area contributed by atoms with Crippen LogP contribution >= 0.6 is 7.60 Å². The molecule has 0 spiro atoms. The molecule has 0 aromatic rings. The Bertz CT molecular complexity index is 713. The van der Waals surface area contributed by atoms with Gasteiger partial charge in [0.1, 0.15) is 42.6 Å². The van der Waals surface area contributed by atoms with Gasteiger partial charge in [-0.2, -0.15) is 0 Å². The highest BCUT2D eigenvalue weighted by atomic mass is 31.2. The largest absolute Gasteiger partial charge is 0.387 e. The van der Waals surface area contributed by atoms with E-state index >= 15 is 0 Å². The van der Waals surface area contributed by atoms with E-state index in [0.29, 0.717) is 12.4 Å². The van der Waals surface area contributed by atoms with Crippen molar-refractivity contribution in [2.75, 3.05) is 6.54 Å². The van der Waals surface area contributed by atoms with Gasteiger partial charge in [0.15, 0.2) is 6.17 Å². The normalized spacial score (nSPS) is 47.2. The Labute approximate surface area is 151 Å². The maximum atomic E-state index is 12.8. The molecular weight excluding hydrogens is 361 g/mol. The van der Waals surface area contributed by atoms with Crippen molar-refractivity contribution in [2.45, 2.75) is 69.2 Å². The number of nitrogens with two attached hydrogens (primary N) is 1. The fraction of sp³-hybridized carbons (Fsp3) is 0.800. The number of amidine groups is 1. The maximum Gasteiger partial charge on any atom is 0.333 e. The van der Waals surface area contributed by atoms with Crippen LogP contribution < -0.4 is 5.73 Å². The number of nitrogens with zero attached hydrogens (tertiary/aromatic N) is 4. The van der Waals surface area contributed by atoms with Crippen LogP contribution in [0.2, 0.25) is 0 Å². The van der Waals surface area contributed by atoms with Crippen molar-refractivity contribution in [1.82, 2.24) is 4.90 Å². The van der Waals surface area contributed by atoms with Crippen LogP contribution in [-0.2, 0) is 18.3 Å². The fourth-order valence-corrected chi connectivity index (χ4v) is 5.34. The van der Waals surface area contributed by atoms with Gasteiger partial charge in [-0.1, -0.05) is 13.8 Å². The summed E-state index contributed by atoms with van der Waals surface area (Å²) in [4.78, 5) is 14.5. The summed E-state index contributed by atoms with van der Waals surface area (Å²) in [5.74, 6) is 0.411. The van der Waals surface area contributed by atoms with Gasteiger partial charge in [-0.15, -0.1) is 0 Å². The van der Waals surface area contributed by atoms with Gasteiger partial charge >= 0.3 is 7.60 Å². The molecule has 4 rings (SSSR count). The second-order valence-electron chi connectivity index (χ2n) is 7.28. The molecule has 0 amide bonds. The highest BCUT2D eigenvalue weighted by Crippen LogP contribution is 2.60. The lowest BCUT2D eigenvalue weighted by Crippen LogP contribution is -2.48. The monoisotopic (exact) mass is 385 g/mol. The molecule has 0 saturated carbocycles. The van der Waals surface area contributed by atoms with Crippen LogP contribution in [0.5, 0.6) is 0 Å². The van der Waals surface area contributed by atoms with E-state index in [9.17, 15) is 9.67 Å². The first kappa shape index (κ1) is 18.1. The topological polar surface area (TPSA) is 131 Å². The molecule has 2 fully saturated rings. The Morgan fingerprint density at radius 2 is 2.12 bits per heavy atom. The summed E-state index contributed by atoms with van der Waals surface area (Å²) in [6, 6.07) is -0.319. The van der Waals surface area contributed by atoms with Gasteiger partial charge in [0.05, 0.1) is 18.1 Å². The summed E-state index contributed by atoms with van der Waals surface area (Å²) in [6.07, 6.45) is -0.291. The molecule has 0 aromatic heterocycles. The van der Waals surface area contributed by atoms with Crippen LogP contribution in [0.4, 0.5) is 0 Å². The summed E-state index contributed by atoms with van der Waals surface area (Å²) >= 11 is 0. The molecule has 0 aromatic carbocycles. The van der Waals surface area contributed by atoms with E-state index in [1.807, 2.05) is 4.90 Å². The number of hydrogen-bond acceptors (Lipinski definition) is 10. The lowest BCUT2D eigenvalue weighted by atomic mass is 10.0. The highest BCUT2D eigenvalue weighted by molar-refractivity contribution is 7.54. The van der Waals surface area contributed by atoms with Crippen molar-refractivity contribution >= 4 is 26.1 Å². The SMILES string of the molecule is CC1OP(=O)(C(C)C)O[C@@H]2[C@@H]1OC(CN1C=NC3C(N)=NC=NC31)[C@@H]2O. The van der Waals surface area contributed by atoms with Crippen LogP contribution in [0.15, 0.2) is 15.0 Å². The van der Waals surface area contributed by atoms with Gasteiger partial charge < -0.3 is 25.0 Å². The molecular formula is C15H24N5O5P. The lowest BCUT2D eigenvalue weighted by molar-refractivity contribution is -0.0801. The zero-order chi connectivity index (χ0) is 18.6. The zero-order valence-corrected chi connectivity index (χ0v) is 15.8. The molecule has 10 nitrogen and oxygen atoms in total. The van der Waals surface area contributed by atoms with Crippen LogP contribution in [0, 0.1) is 0 Å². The quantitative estimate of drug-likeness (QED) is 0.652. The smallest absolute Gasteiger partial charge is 0.333 e. The van der Waals surface area contributed by atoms with Gasteiger partial charge in [0.25, 0.3) is 0 Å². The molecule has 144 valence electrons. The third-order valence-corrected chi connectivity index (χ3v) is 7.60. The molecule has 0 radical (unpaired) electrons. The summed E-state index contributed by atoms with van der Waals surface area (Å²) in [6.45, 7) is 5.70. The van der Waals surface area contributed by atoms with Crippen molar-refractivity contribution in [1.29, 1.82) is 0 Å².